The van der Waals surface area contributed by atoms with Crippen molar-refractivity contribution < 1.29 is 14.6 Å². The summed E-state index contributed by atoms with van der Waals surface area (Å²) in [6, 6.07) is 16.1. The first kappa shape index (κ1) is 25.2. The maximum Gasteiger partial charge on any atom is 0.251 e. The van der Waals surface area contributed by atoms with Crippen molar-refractivity contribution in [3.8, 4) is 5.75 Å². The maximum absolute atomic E-state index is 13.0. The zero-order valence-corrected chi connectivity index (χ0v) is 22.1. The number of nitrogens with zero attached hydrogens (tertiary/aromatic N) is 1. The largest absolute Gasteiger partial charge is 0.497 e. The number of amides is 1. The first-order chi connectivity index (χ1) is 18.6. The average Bonchev–Trinajstić information content (AvgIpc) is 3.43. The normalized spacial score (nSPS) is 31.1. The van der Waals surface area contributed by atoms with E-state index < -0.39 is 6.23 Å². The number of likely N-dealkylation sites (tertiary alicyclic amines) is 1. The third kappa shape index (κ3) is 4.76. The van der Waals surface area contributed by atoms with Crippen molar-refractivity contribution in [2.24, 2.45) is 17.8 Å². The summed E-state index contributed by atoms with van der Waals surface area (Å²) in [4.78, 5) is 15.4. The Labute approximate surface area is 225 Å². The molecule has 2 heterocycles. The standard InChI is InChI=1S/C32H39N3O3/c1-38-23-16-17-24-28(20-23)33-29(21-10-4-2-5-11-21)26-18-19-35(30(24)26)32(37)25-14-8-9-15-27(25)34-31(36)22-12-6-3-7-13-22/h2-7,10,12-13,16-17,20-21,25-27,29-30,32-33,37H,8-9,11,14-15,18-19H2,1H3,(H,34,36)/t21?,25-,26+,27+,29-,30-,32?/m0/s1. The van der Waals surface area contributed by atoms with Crippen LogP contribution in [-0.2, 0) is 0 Å². The molecular weight excluding hydrogens is 474 g/mol. The van der Waals surface area contributed by atoms with Gasteiger partial charge in [-0.1, -0.05) is 61.4 Å². The van der Waals surface area contributed by atoms with Crippen LogP contribution in [0.1, 0.15) is 60.5 Å². The molecule has 2 fully saturated rings. The van der Waals surface area contributed by atoms with E-state index in [2.05, 4.69) is 52.0 Å². The fourth-order valence-corrected chi connectivity index (χ4v) is 7.33. The molecule has 1 saturated heterocycles. The fourth-order valence-electron chi connectivity index (χ4n) is 7.33. The third-order valence-corrected chi connectivity index (χ3v) is 9.22. The minimum Gasteiger partial charge on any atom is -0.497 e. The van der Waals surface area contributed by atoms with Crippen molar-refractivity contribution in [3.05, 3.63) is 84.0 Å². The highest BCUT2D eigenvalue weighted by atomic mass is 16.5. The Morgan fingerprint density at radius 1 is 1.11 bits per heavy atom. The molecule has 0 bridgehead atoms. The third-order valence-electron chi connectivity index (χ3n) is 9.22. The highest BCUT2D eigenvalue weighted by molar-refractivity contribution is 5.94. The Hall–Kier alpha value is -3.09. The van der Waals surface area contributed by atoms with Gasteiger partial charge in [0.25, 0.3) is 5.91 Å². The first-order valence-corrected chi connectivity index (χ1v) is 14.2. The predicted octanol–water partition coefficient (Wildman–Crippen LogP) is 5.29. The van der Waals surface area contributed by atoms with Crippen LogP contribution >= 0.6 is 0 Å². The number of fused-ring (bicyclic) bond motifs is 3. The lowest BCUT2D eigenvalue weighted by Crippen LogP contribution is -2.53. The molecule has 7 atom stereocenters. The average molecular weight is 514 g/mol. The van der Waals surface area contributed by atoms with E-state index in [1.165, 1.54) is 5.56 Å². The number of carbonyl (C=O) groups is 1. The van der Waals surface area contributed by atoms with Crippen molar-refractivity contribution >= 4 is 11.6 Å². The van der Waals surface area contributed by atoms with E-state index in [1.54, 1.807) is 7.11 Å². The van der Waals surface area contributed by atoms with Gasteiger partial charge in [-0.15, -0.1) is 0 Å². The van der Waals surface area contributed by atoms with Crippen LogP contribution in [0.15, 0.2) is 72.8 Å². The highest BCUT2D eigenvalue weighted by Crippen LogP contribution is 2.51. The number of nitrogens with one attached hydrogen (secondary N) is 2. The number of aliphatic hydroxyl groups is 1. The van der Waals surface area contributed by atoms with Gasteiger partial charge >= 0.3 is 0 Å². The second-order valence-corrected chi connectivity index (χ2v) is 11.3. The van der Waals surface area contributed by atoms with Gasteiger partial charge < -0.3 is 20.5 Å². The number of benzene rings is 2. The van der Waals surface area contributed by atoms with Gasteiger partial charge in [0.05, 0.1) is 7.11 Å². The summed E-state index contributed by atoms with van der Waals surface area (Å²) in [6.07, 6.45) is 14.3. The van der Waals surface area contributed by atoms with Crippen LogP contribution in [0.3, 0.4) is 0 Å². The SMILES string of the molecule is COc1ccc2c(c1)N[C@@H](C1C=CC=CC1)[C@H]1CCN(C(O)[C@H]3CCCC[C@H]3NC(=O)c3ccccc3)[C@@H]21. The van der Waals surface area contributed by atoms with E-state index in [-0.39, 0.29) is 30.0 Å². The quantitative estimate of drug-likeness (QED) is 0.489. The summed E-state index contributed by atoms with van der Waals surface area (Å²) >= 11 is 0. The topological polar surface area (TPSA) is 73.8 Å². The molecule has 200 valence electrons. The summed E-state index contributed by atoms with van der Waals surface area (Å²) in [7, 11) is 1.71. The molecule has 0 spiro atoms. The Morgan fingerprint density at radius 3 is 2.74 bits per heavy atom. The molecule has 6 nitrogen and oxygen atoms in total. The molecule has 6 rings (SSSR count). The van der Waals surface area contributed by atoms with Crippen LogP contribution in [0.4, 0.5) is 5.69 Å². The van der Waals surface area contributed by atoms with Crippen LogP contribution in [0, 0.1) is 17.8 Å². The zero-order valence-electron chi connectivity index (χ0n) is 22.1. The van der Waals surface area contributed by atoms with Crippen LogP contribution in [-0.4, -0.2) is 47.9 Å². The van der Waals surface area contributed by atoms with Gasteiger partial charge in [0.1, 0.15) is 12.0 Å². The number of rotatable bonds is 6. The van der Waals surface area contributed by atoms with Gasteiger partial charge in [0.15, 0.2) is 0 Å². The molecule has 1 amide bonds. The van der Waals surface area contributed by atoms with Gasteiger partial charge in [-0.05, 0) is 49.4 Å². The number of anilines is 1. The monoisotopic (exact) mass is 513 g/mol. The molecule has 3 N–H and O–H groups in total. The Bertz CT molecular complexity index is 1200. The Balaban J connectivity index is 1.28. The predicted molar refractivity (Wildman–Crippen MR) is 150 cm³/mol. The second kappa shape index (κ2) is 11.0. The molecular formula is C32H39N3O3. The molecule has 2 aliphatic carbocycles. The molecule has 6 heteroatoms. The molecule has 38 heavy (non-hydrogen) atoms. The number of allylic oxidation sites excluding steroid dienone is 3. The molecule has 4 aliphatic rings. The van der Waals surface area contributed by atoms with E-state index in [0.717, 1.165) is 56.5 Å². The van der Waals surface area contributed by atoms with Crippen LogP contribution in [0.25, 0.3) is 0 Å². The lowest BCUT2D eigenvalue weighted by atomic mass is 9.75. The lowest BCUT2D eigenvalue weighted by molar-refractivity contribution is -0.0724. The minimum atomic E-state index is -0.609. The fraction of sp³-hybridized carbons (Fsp3) is 0.469. The summed E-state index contributed by atoms with van der Waals surface area (Å²) in [6.45, 7) is 0.849. The van der Waals surface area contributed by atoms with Gasteiger partial charge in [-0.2, -0.15) is 0 Å². The second-order valence-electron chi connectivity index (χ2n) is 11.3. The molecule has 2 unspecified atom stereocenters. The molecule has 0 aromatic heterocycles. The van der Waals surface area contributed by atoms with E-state index in [4.69, 9.17) is 4.74 Å². The van der Waals surface area contributed by atoms with Crippen molar-refractivity contribution in [1.82, 2.24) is 10.2 Å². The smallest absolute Gasteiger partial charge is 0.251 e. The van der Waals surface area contributed by atoms with Crippen molar-refractivity contribution in [2.45, 2.75) is 62.9 Å². The molecule has 1 saturated carbocycles. The number of aliphatic hydroxyl groups excluding tert-OH is 1. The van der Waals surface area contributed by atoms with Crippen molar-refractivity contribution in [1.29, 1.82) is 0 Å². The zero-order chi connectivity index (χ0) is 26.1. The van der Waals surface area contributed by atoms with E-state index >= 15 is 0 Å². The van der Waals surface area contributed by atoms with Crippen LogP contribution in [0.2, 0.25) is 0 Å². The van der Waals surface area contributed by atoms with E-state index in [1.807, 2.05) is 36.4 Å². The Kier molecular flexibility index (Phi) is 7.26. The van der Waals surface area contributed by atoms with Gasteiger partial charge in [0, 0.05) is 59.7 Å². The van der Waals surface area contributed by atoms with Crippen molar-refractivity contribution in [3.63, 3.8) is 0 Å². The van der Waals surface area contributed by atoms with Crippen molar-refractivity contribution in [2.75, 3.05) is 19.0 Å². The number of carbonyl (C=O) groups excluding carboxylic acids is 1. The van der Waals surface area contributed by atoms with Crippen LogP contribution in [0.5, 0.6) is 5.75 Å². The lowest BCUT2D eigenvalue weighted by Gasteiger charge is -2.46. The minimum absolute atomic E-state index is 0.00251. The highest BCUT2D eigenvalue weighted by Gasteiger charge is 2.49. The summed E-state index contributed by atoms with van der Waals surface area (Å²) in [5, 5.41) is 19.2. The molecule has 2 aromatic carbocycles. The first-order valence-electron chi connectivity index (χ1n) is 14.2. The molecule has 0 radical (unpaired) electrons. The molecule has 2 aliphatic heterocycles. The number of methoxy groups -OCH3 is 1. The number of hydrogen-bond donors (Lipinski definition) is 3. The molecule has 2 aromatic rings. The van der Waals surface area contributed by atoms with Gasteiger partial charge in [0.2, 0.25) is 0 Å². The van der Waals surface area contributed by atoms with Gasteiger partial charge in [-0.25, -0.2) is 0 Å². The number of hydrogen-bond acceptors (Lipinski definition) is 5. The maximum atomic E-state index is 13.0. The Morgan fingerprint density at radius 2 is 1.95 bits per heavy atom. The summed E-state index contributed by atoms with van der Waals surface area (Å²) in [5.74, 6) is 1.60. The van der Waals surface area contributed by atoms with Crippen LogP contribution < -0.4 is 15.4 Å². The summed E-state index contributed by atoms with van der Waals surface area (Å²) in [5.41, 5.74) is 3.01. The van der Waals surface area contributed by atoms with E-state index in [9.17, 15) is 9.90 Å². The van der Waals surface area contributed by atoms with E-state index in [0.29, 0.717) is 17.4 Å². The summed E-state index contributed by atoms with van der Waals surface area (Å²) < 4.78 is 5.56. The van der Waals surface area contributed by atoms with Gasteiger partial charge in [-0.3, -0.25) is 9.69 Å². The number of ether oxygens (including phenoxy) is 1.